The molecule has 0 aliphatic carbocycles. The molecule has 6 heteroatoms. The van der Waals surface area contributed by atoms with Gasteiger partial charge in [-0.2, -0.15) is 0 Å². The summed E-state index contributed by atoms with van der Waals surface area (Å²) in [6, 6.07) is 0. The van der Waals surface area contributed by atoms with Crippen LogP contribution in [0, 0.1) is 5.92 Å². The quantitative estimate of drug-likeness (QED) is 0.492. The summed E-state index contributed by atoms with van der Waals surface area (Å²) in [6.07, 6.45) is 1.92. The number of aliphatic carboxylic acids is 2. The first kappa shape index (κ1) is 20.4. The van der Waals surface area contributed by atoms with Crippen molar-refractivity contribution in [1.29, 1.82) is 0 Å². The summed E-state index contributed by atoms with van der Waals surface area (Å²) in [4.78, 5) is 20.4. The number of carboxylic acids is 2. The third-order valence-electron chi connectivity index (χ3n) is 1.70. The van der Waals surface area contributed by atoms with E-state index in [1.165, 1.54) is 0 Å². The second kappa shape index (κ2) is 12.0. The summed E-state index contributed by atoms with van der Waals surface area (Å²) in [5.74, 6) is -2.00. The summed E-state index contributed by atoms with van der Waals surface area (Å²) in [7, 11) is 0. The van der Waals surface area contributed by atoms with Gasteiger partial charge in [-0.3, -0.25) is 9.59 Å². The Morgan fingerprint density at radius 1 is 1.14 bits per heavy atom. The zero-order chi connectivity index (χ0) is 9.56. The first-order valence-corrected chi connectivity index (χ1v) is 3.98. The Kier molecular flexibility index (Phi) is 17.5. The van der Waals surface area contributed by atoms with E-state index in [0.717, 1.165) is 0 Å². The van der Waals surface area contributed by atoms with Crippen molar-refractivity contribution >= 4 is 71.1 Å². The van der Waals surface area contributed by atoms with Crippen LogP contribution in [0.3, 0.4) is 0 Å². The Morgan fingerprint density at radius 2 is 1.64 bits per heavy atom. The van der Waals surface area contributed by atoms with Gasteiger partial charge in [-0.05, 0) is 12.8 Å². The van der Waals surface area contributed by atoms with Gasteiger partial charge < -0.3 is 10.2 Å². The second-order valence-corrected chi connectivity index (χ2v) is 2.88. The molecule has 0 saturated heterocycles. The monoisotopic (exact) mass is 222 g/mol. The summed E-state index contributed by atoms with van der Waals surface area (Å²) >= 11 is 0. The van der Waals surface area contributed by atoms with E-state index in [1.54, 1.807) is 6.92 Å². The van der Waals surface area contributed by atoms with Crippen molar-refractivity contribution in [1.82, 2.24) is 0 Å². The van der Waals surface area contributed by atoms with Gasteiger partial charge in [0, 0.05) is 6.42 Å². The van der Waals surface area contributed by atoms with Crippen LogP contribution in [-0.2, 0) is 9.59 Å². The molecule has 0 radical (unpaired) electrons. The molecule has 0 fully saturated rings. The molecule has 0 aromatic rings. The van der Waals surface area contributed by atoms with Crippen LogP contribution in [-0.4, -0.2) is 81.3 Å². The van der Waals surface area contributed by atoms with Gasteiger partial charge >= 0.3 is 71.1 Å². The van der Waals surface area contributed by atoms with Crippen LogP contribution in [0.15, 0.2) is 0 Å². The molecule has 14 heavy (non-hydrogen) atoms. The SMILES string of the molecule is CC(CCCCC(=O)O)C(=O)O.[NaH].[NaH]. The van der Waals surface area contributed by atoms with Crippen molar-refractivity contribution in [2.75, 3.05) is 0 Å². The van der Waals surface area contributed by atoms with E-state index >= 15 is 0 Å². The molecule has 0 amide bonds. The molecule has 0 aromatic carbocycles. The number of carboxylic acid groups (broad SMARTS) is 2. The zero-order valence-corrected chi connectivity index (χ0v) is 7.12. The van der Waals surface area contributed by atoms with Crippen LogP contribution in [0.5, 0.6) is 0 Å². The Bertz CT molecular complexity index is 173. The molecule has 0 aliphatic rings. The van der Waals surface area contributed by atoms with Crippen molar-refractivity contribution in [3.05, 3.63) is 0 Å². The van der Waals surface area contributed by atoms with Gasteiger partial charge in [-0.25, -0.2) is 0 Å². The van der Waals surface area contributed by atoms with Crippen molar-refractivity contribution < 1.29 is 19.8 Å². The van der Waals surface area contributed by atoms with Gasteiger partial charge in [-0.1, -0.05) is 13.3 Å². The van der Waals surface area contributed by atoms with E-state index in [9.17, 15) is 9.59 Å². The molecule has 0 rings (SSSR count). The average molecular weight is 222 g/mol. The normalized spacial score (nSPS) is 10.6. The van der Waals surface area contributed by atoms with Gasteiger partial charge in [0.2, 0.25) is 0 Å². The Hall–Kier alpha value is 0.940. The molecule has 0 spiro atoms. The molecule has 0 saturated carbocycles. The molecular weight excluding hydrogens is 206 g/mol. The van der Waals surface area contributed by atoms with Gasteiger partial charge in [0.1, 0.15) is 0 Å². The van der Waals surface area contributed by atoms with E-state index in [4.69, 9.17) is 10.2 Å². The first-order chi connectivity index (χ1) is 5.54. The van der Waals surface area contributed by atoms with Crippen molar-refractivity contribution in [2.45, 2.75) is 32.6 Å². The first-order valence-electron chi connectivity index (χ1n) is 3.98. The van der Waals surface area contributed by atoms with Gasteiger partial charge in [-0.15, -0.1) is 0 Å². The van der Waals surface area contributed by atoms with Crippen LogP contribution in [0.25, 0.3) is 0 Å². The third kappa shape index (κ3) is 12.9. The predicted molar refractivity (Wildman–Crippen MR) is 57.2 cm³/mol. The van der Waals surface area contributed by atoms with Crippen molar-refractivity contribution in [3.8, 4) is 0 Å². The molecule has 74 valence electrons. The summed E-state index contributed by atoms with van der Waals surface area (Å²) in [6.45, 7) is 1.63. The molecule has 0 aromatic heterocycles. The number of hydrogen-bond acceptors (Lipinski definition) is 2. The molecule has 0 aliphatic heterocycles. The molecule has 2 N–H and O–H groups in total. The van der Waals surface area contributed by atoms with Crippen LogP contribution < -0.4 is 0 Å². The average Bonchev–Trinajstić information content (AvgIpc) is 1.97. The minimum absolute atomic E-state index is 0. The van der Waals surface area contributed by atoms with Crippen LogP contribution in [0.4, 0.5) is 0 Å². The van der Waals surface area contributed by atoms with E-state index in [0.29, 0.717) is 19.3 Å². The Balaban J connectivity index is -0.000000605. The zero-order valence-electron chi connectivity index (χ0n) is 7.12. The topological polar surface area (TPSA) is 74.6 Å². The number of hydrogen-bond donors (Lipinski definition) is 2. The number of unbranched alkanes of at least 4 members (excludes halogenated alkanes) is 1. The fraction of sp³-hybridized carbons (Fsp3) is 0.750. The predicted octanol–water partition coefficient (Wildman–Crippen LogP) is 0.0551. The number of carbonyl (C=O) groups is 2. The van der Waals surface area contributed by atoms with E-state index < -0.39 is 11.9 Å². The molecule has 1 unspecified atom stereocenters. The molecule has 1 atom stereocenters. The van der Waals surface area contributed by atoms with Crippen LogP contribution in [0.1, 0.15) is 32.6 Å². The van der Waals surface area contributed by atoms with Crippen molar-refractivity contribution in [3.63, 3.8) is 0 Å². The van der Waals surface area contributed by atoms with E-state index in [2.05, 4.69) is 0 Å². The Labute approximate surface area is 128 Å². The molecule has 0 heterocycles. The standard InChI is InChI=1S/C8H14O4.2Na.2H/c1-6(8(11)12)4-2-3-5-7(9)10;;;;/h6H,2-5H2,1H3,(H,9,10)(H,11,12);;;;. The van der Waals surface area contributed by atoms with Crippen molar-refractivity contribution in [2.24, 2.45) is 5.92 Å². The Morgan fingerprint density at radius 3 is 2.00 bits per heavy atom. The molecule has 4 nitrogen and oxygen atoms in total. The van der Waals surface area contributed by atoms with Gasteiger partial charge in [0.15, 0.2) is 0 Å². The molecular formula is C8H16Na2O4. The summed E-state index contributed by atoms with van der Waals surface area (Å²) < 4.78 is 0. The maximum absolute atomic E-state index is 10.3. The van der Waals surface area contributed by atoms with Crippen LogP contribution >= 0.6 is 0 Å². The van der Waals surface area contributed by atoms with Gasteiger partial charge in [0.05, 0.1) is 5.92 Å². The third-order valence-corrected chi connectivity index (χ3v) is 1.70. The fourth-order valence-corrected chi connectivity index (χ4v) is 0.850. The van der Waals surface area contributed by atoms with Gasteiger partial charge in [0.25, 0.3) is 0 Å². The van der Waals surface area contributed by atoms with E-state index in [1.807, 2.05) is 0 Å². The summed E-state index contributed by atoms with van der Waals surface area (Å²) in [5.41, 5.74) is 0. The fourth-order valence-electron chi connectivity index (χ4n) is 0.850. The summed E-state index contributed by atoms with van der Waals surface area (Å²) in [5, 5.41) is 16.7. The van der Waals surface area contributed by atoms with Crippen LogP contribution in [0.2, 0.25) is 0 Å². The number of rotatable bonds is 6. The van der Waals surface area contributed by atoms with E-state index in [-0.39, 0.29) is 71.5 Å². The molecule has 0 bridgehead atoms. The second-order valence-electron chi connectivity index (χ2n) is 2.88. The maximum atomic E-state index is 10.3. The minimum atomic E-state index is -0.821.